The Hall–Kier alpha value is -3.31. The van der Waals surface area contributed by atoms with Crippen LogP contribution in [0.25, 0.3) is 0 Å². The molecule has 202 valence electrons. The Bertz CT molecular complexity index is 1140. The number of nitrogens with zero attached hydrogens (tertiary/aromatic N) is 1. The lowest BCUT2D eigenvalue weighted by Gasteiger charge is -2.41. The van der Waals surface area contributed by atoms with Gasteiger partial charge in [-0.05, 0) is 74.7 Å². The molecule has 1 aliphatic heterocycles. The van der Waals surface area contributed by atoms with Gasteiger partial charge in [0.25, 0.3) is 0 Å². The van der Waals surface area contributed by atoms with Crippen LogP contribution in [-0.2, 0) is 26.6 Å². The highest BCUT2D eigenvalue weighted by molar-refractivity contribution is 5.91. The van der Waals surface area contributed by atoms with Crippen LogP contribution in [0.5, 0.6) is 0 Å². The van der Waals surface area contributed by atoms with Crippen molar-refractivity contribution in [1.82, 2.24) is 0 Å². The lowest BCUT2D eigenvalue weighted by molar-refractivity contribution is -0.145. The Morgan fingerprint density at radius 3 is 2.03 bits per heavy atom. The molecule has 3 atom stereocenters. The average Bonchev–Trinajstić information content (AvgIpc) is 2.77. The summed E-state index contributed by atoms with van der Waals surface area (Å²) in [7, 11) is 0.943. The van der Waals surface area contributed by atoms with E-state index in [1.165, 1.54) is 11.0 Å². The van der Waals surface area contributed by atoms with Gasteiger partial charge in [-0.25, -0.2) is 9.18 Å². The van der Waals surface area contributed by atoms with Crippen LogP contribution in [0.1, 0.15) is 61.3 Å². The molecule has 0 bridgehead atoms. The van der Waals surface area contributed by atoms with Crippen molar-refractivity contribution in [2.75, 3.05) is 12.0 Å². The fourth-order valence-electron chi connectivity index (χ4n) is 4.55. The molecule has 0 aromatic heterocycles. The zero-order chi connectivity index (χ0) is 27.9. The van der Waals surface area contributed by atoms with Gasteiger partial charge < -0.3 is 9.47 Å². The standard InChI is InChI=1S/C25H24F7NO4/c1-12(2)37-23(35)33-13(3)7-19(18-11-17(26)5-6-20(18)33)21(22(34)36-4)14-8-15(24(27,28)29)10-16(9-14)25(30,31)32/h5-6,8-13,19,21H,7H2,1-4H3/t13-,19?,21?/m1/s1. The number of hydrogen-bond donors (Lipinski definition) is 0. The quantitative estimate of drug-likeness (QED) is 0.311. The normalized spacial score (nSPS) is 18.9. The molecule has 1 aliphatic rings. The van der Waals surface area contributed by atoms with E-state index >= 15 is 0 Å². The third-order valence-corrected chi connectivity index (χ3v) is 6.04. The number of esters is 1. The van der Waals surface area contributed by atoms with Gasteiger partial charge in [-0.3, -0.25) is 9.69 Å². The largest absolute Gasteiger partial charge is 0.469 e. The van der Waals surface area contributed by atoms with E-state index in [-0.39, 0.29) is 23.7 Å². The van der Waals surface area contributed by atoms with Crippen LogP contribution in [0.15, 0.2) is 36.4 Å². The van der Waals surface area contributed by atoms with Crippen molar-refractivity contribution in [2.24, 2.45) is 0 Å². The molecular weight excluding hydrogens is 511 g/mol. The van der Waals surface area contributed by atoms with Crippen LogP contribution >= 0.6 is 0 Å². The molecule has 12 heteroatoms. The molecule has 2 aromatic carbocycles. The number of hydrogen-bond acceptors (Lipinski definition) is 4. The minimum atomic E-state index is -5.14. The molecule has 0 saturated heterocycles. The van der Waals surface area contributed by atoms with Crippen molar-refractivity contribution < 1.29 is 49.8 Å². The smallest absolute Gasteiger partial charge is 0.416 e. The molecule has 0 spiro atoms. The molecule has 0 N–H and O–H groups in total. The summed E-state index contributed by atoms with van der Waals surface area (Å²) in [6.07, 6.45) is -11.7. The molecule has 1 amide bonds. The minimum Gasteiger partial charge on any atom is -0.469 e. The summed E-state index contributed by atoms with van der Waals surface area (Å²) in [5, 5.41) is 0. The molecule has 3 rings (SSSR count). The third kappa shape index (κ3) is 5.99. The van der Waals surface area contributed by atoms with E-state index < -0.39 is 70.9 Å². The highest BCUT2D eigenvalue weighted by atomic mass is 19.4. The highest BCUT2D eigenvalue weighted by Gasteiger charge is 2.44. The summed E-state index contributed by atoms with van der Waals surface area (Å²) >= 11 is 0. The number of methoxy groups -OCH3 is 1. The van der Waals surface area contributed by atoms with Crippen molar-refractivity contribution in [3.05, 3.63) is 64.5 Å². The number of carbonyl (C=O) groups is 2. The number of alkyl halides is 6. The van der Waals surface area contributed by atoms with E-state index in [0.29, 0.717) is 12.1 Å². The number of benzene rings is 2. The van der Waals surface area contributed by atoms with Gasteiger partial charge >= 0.3 is 24.4 Å². The molecule has 2 aromatic rings. The van der Waals surface area contributed by atoms with E-state index in [2.05, 4.69) is 0 Å². The summed E-state index contributed by atoms with van der Waals surface area (Å²) in [6.45, 7) is 4.79. The van der Waals surface area contributed by atoms with E-state index in [1.807, 2.05) is 0 Å². The second-order valence-corrected chi connectivity index (χ2v) is 9.04. The number of rotatable bonds is 4. The van der Waals surface area contributed by atoms with Crippen LogP contribution in [0, 0.1) is 5.82 Å². The minimum absolute atomic E-state index is 0.0418. The third-order valence-electron chi connectivity index (χ3n) is 6.04. The van der Waals surface area contributed by atoms with E-state index in [1.54, 1.807) is 20.8 Å². The van der Waals surface area contributed by atoms with Gasteiger partial charge in [-0.15, -0.1) is 0 Å². The molecule has 0 aliphatic carbocycles. The number of halogens is 7. The molecular formula is C25H24F7NO4. The van der Waals surface area contributed by atoms with Crippen molar-refractivity contribution in [1.29, 1.82) is 0 Å². The first kappa shape index (κ1) is 28.3. The van der Waals surface area contributed by atoms with Crippen molar-refractivity contribution in [3.8, 4) is 0 Å². The van der Waals surface area contributed by atoms with Crippen LogP contribution in [0.3, 0.4) is 0 Å². The fraction of sp³-hybridized carbons (Fsp3) is 0.440. The Kier molecular flexibility index (Phi) is 7.80. The summed E-state index contributed by atoms with van der Waals surface area (Å²) < 4.78 is 106. The summed E-state index contributed by atoms with van der Waals surface area (Å²) in [6, 6.07) is 3.45. The SMILES string of the molecule is COC(=O)C(c1cc(C(F)(F)F)cc(C(F)(F)F)c1)C1C[C@@H](C)N(C(=O)OC(C)C)c2ccc(F)cc21. The van der Waals surface area contributed by atoms with Crippen molar-refractivity contribution in [2.45, 2.75) is 63.5 Å². The second kappa shape index (κ2) is 10.2. The summed E-state index contributed by atoms with van der Waals surface area (Å²) in [5.74, 6) is -4.68. The monoisotopic (exact) mass is 535 g/mol. The predicted molar refractivity (Wildman–Crippen MR) is 119 cm³/mol. The number of carbonyl (C=O) groups excluding carboxylic acids is 2. The molecule has 0 fully saturated rings. The number of fused-ring (bicyclic) bond motifs is 1. The van der Waals surface area contributed by atoms with Crippen LogP contribution < -0.4 is 4.90 Å². The van der Waals surface area contributed by atoms with Gasteiger partial charge in [-0.2, -0.15) is 26.3 Å². The fourth-order valence-corrected chi connectivity index (χ4v) is 4.55. The molecule has 37 heavy (non-hydrogen) atoms. The Labute approximate surface area is 208 Å². The average molecular weight is 535 g/mol. The van der Waals surface area contributed by atoms with Crippen molar-refractivity contribution >= 4 is 17.7 Å². The van der Waals surface area contributed by atoms with Crippen molar-refractivity contribution in [3.63, 3.8) is 0 Å². The molecule has 0 radical (unpaired) electrons. The maximum absolute atomic E-state index is 14.3. The number of anilines is 1. The predicted octanol–water partition coefficient (Wildman–Crippen LogP) is 7.05. The first-order valence-electron chi connectivity index (χ1n) is 11.2. The van der Waals surface area contributed by atoms with Gasteiger partial charge in [0.15, 0.2) is 0 Å². The lowest BCUT2D eigenvalue weighted by Crippen LogP contribution is -2.45. The lowest BCUT2D eigenvalue weighted by atomic mass is 9.74. The summed E-state index contributed by atoms with van der Waals surface area (Å²) in [5.41, 5.74) is -3.64. The Balaban J connectivity index is 2.25. The zero-order valence-corrected chi connectivity index (χ0v) is 20.2. The number of ether oxygens (including phenoxy) is 2. The molecule has 5 nitrogen and oxygen atoms in total. The van der Waals surface area contributed by atoms with Crippen LogP contribution in [0.4, 0.5) is 41.2 Å². The first-order valence-corrected chi connectivity index (χ1v) is 11.2. The zero-order valence-electron chi connectivity index (χ0n) is 20.2. The Morgan fingerprint density at radius 2 is 1.54 bits per heavy atom. The topological polar surface area (TPSA) is 55.8 Å². The van der Waals surface area contributed by atoms with E-state index in [4.69, 9.17) is 9.47 Å². The van der Waals surface area contributed by atoms with Crippen LogP contribution in [0.2, 0.25) is 0 Å². The van der Waals surface area contributed by atoms with Crippen LogP contribution in [-0.4, -0.2) is 31.3 Å². The first-order chi connectivity index (χ1) is 17.0. The summed E-state index contributed by atoms with van der Waals surface area (Å²) in [4.78, 5) is 26.9. The molecule has 2 unspecified atom stereocenters. The maximum atomic E-state index is 14.3. The maximum Gasteiger partial charge on any atom is 0.416 e. The second-order valence-electron chi connectivity index (χ2n) is 9.04. The van der Waals surface area contributed by atoms with Gasteiger partial charge in [0.05, 0.1) is 35.9 Å². The Morgan fingerprint density at radius 1 is 0.973 bits per heavy atom. The van der Waals surface area contributed by atoms with E-state index in [9.17, 15) is 40.3 Å². The number of amides is 1. The van der Waals surface area contributed by atoms with E-state index in [0.717, 1.165) is 19.2 Å². The highest BCUT2D eigenvalue weighted by Crippen LogP contribution is 2.48. The van der Waals surface area contributed by atoms with Gasteiger partial charge in [0.1, 0.15) is 5.82 Å². The van der Waals surface area contributed by atoms with Gasteiger partial charge in [0.2, 0.25) is 0 Å². The van der Waals surface area contributed by atoms with Gasteiger partial charge in [-0.1, -0.05) is 0 Å². The molecule has 1 heterocycles. The molecule has 0 saturated carbocycles. The van der Waals surface area contributed by atoms with Gasteiger partial charge in [0, 0.05) is 12.0 Å².